The van der Waals surface area contributed by atoms with Gasteiger partial charge in [0.15, 0.2) is 23.0 Å². The summed E-state index contributed by atoms with van der Waals surface area (Å²) in [5, 5.41) is 17.1. The van der Waals surface area contributed by atoms with Crippen molar-refractivity contribution in [1.82, 2.24) is 10.6 Å². The molecule has 0 radical (unpaired) electrons. The number of ether oxygens (including phenoxy) is 5. The van der Waals surface area contributed by atoms with Gasteiger partial charge in [-0.05, 0) is 86.3 Å². The number of nitrogens with one attached hydrogen (secondary N) is 2. The van der Waals surface area contributed by atoms with Crippen LogP contribution in [-0.4, -0.2) is 70.8 Å². The third kappa shape index (κ3) is 6.07. The fourth-order valence-corrected chi connectivity index (χ4v) is 6.40. The average molecular weight is 584 g/mol. The van der Waals surface area contributed by atoms with Crippen molar-refractivity contribution in [3.05, 3.63) is 41.0 Å². The number of benzene rings is 2. The Bertz CT molecular complexity index is 1260. The Morgan fingerprint density at radius 1 is 0.976 bits per heavy atom. The Labute approximate surface area is 246 Å². The van der Waals surface area contributed by atoms with E-state index >= 15 is 0 Å². The molecule has 0 bridgehead atoms. The highest BCUT2D eigenvalue weighted by atomic mass is 16.7. The van der Waals surface area contributed by atoms with E-state index in [1.165, 1.54) is 14.2 Å². The molecule has 2 aromatic rings. The molecule has 5 N–H and O–H groups in total. The third-order valence-electron chi connectivity index (χ3n) is 8.54. The summed E-state index contributed by atoms with van der Waals surface area (Å²) in [6, 6.07) is 7.35. The SMILES string of the molecule is COc1cc(C2c3cc4c(cc3[C@@H](CNC(=O)CCCCNCCCCN)[C@H]3COC(=O)[C@H]23)OCO4)cc(OC)c1O. The van der Waals surface area contributed by atoms with Crippen LogP contribution in [0.5, 0.6) is 28.7 Å². The lowest BCUT2D eigenvalue weighted by molar-refractivity contribution is -0.141. The molecule has 4 atom stereocenters. The van der Waals surface area contributed by atoms with E-state index < -0.39 is 11.8 Å². The van der Waals surface area contributed by atoms with Gasteiger partial charge in [0.2, 0.25) is 18.4 Å². The molecule has 3 aliphatic rings. The molecule has 1 fully saturated rings. The van der Waals surface area contributed by atoms with Crippen LogP contribution in [0.15, 0.2) is 24.3 Å². The van der Waals surface area contributed by atoms with Gasteiger partial charge >= 0.3 is 5.97 Å². The maximum absolute atomic E-state index is 13.3. The number of rotatable bonds is 14. The molecule has 0 aromatic heterocycles. The number of cyclic esters (lactones) is 1. The van der Waals surface area contributed by atoms with Crippen LogP contribution in [-0.2, 0) is 14.3 Å². The van der Waals surface area contributed by atoms with Crippen molar-refractivity contribution in [3.63, 3.8) is 0 Å². The summed E-state index contributed by atoms with van der Waals surface area (Å²) in [5.41, 5.74) is 8.12. The summed E-state index contributed by atoms with van der Waals surface area (Å²) in [7, 11) is 2.94. The van der Waals surface area contributed by atoms with E-state index in [4.69, 9.17) is 29.4 Å². The Morgan fingerprint density at radius 3 is 2.31 bits per heavy atom. The van der Waals surface area contributed by atoms with Crippen LogP contribution in [0.2, 0.25) is 0 Å². The zero-order chi connectivity index (χ0) is 29.6. The van der Waals surface area contributed by atoms with Gasteiger partial charge in [0, 0.05) is 30.7 Å². The van der Waals surface area contributed by atoms with E-state index in [0.717, 1.165) is 55.5 Å². The van der Waals surface area contributed by atoms with E-state index in [0.29, 0.717) is 31.0 Å². The van der Waals surface area contributed by atoms with Crippen molar-refractivity contribution in [2.75, 3.05) is 53.8 Å². The van der Waals surface area contributed by atoms with Crippen molar-refractivity contribution in [2.24, 2.45) is 17.6 Å². The van der Waals surface area contributed by atoms with Crippen molar-refractivity contribution < 1.29 is 38.4 Å². The number of carbonyl (C=O) groups is 2. The summed E-state index contributed by atoms with van der Waals surface area (Å²) in [6.45, 7) is 3.25. The highest BCUT2D eigenvalue weighted by Crippen LogP contribution is 2.56. The van der Waals surface area contributed by atoms with Crippen LogP contribution in [0.3, 0.4) is 0 Å². The highest BCUT2D eigenvalue weighted by Gasteiger charge is 2.52. The first-order chi connectivity index (χ1) is 20.5. The lowest BCUT2D eigenvalue weighted by atomic mass is 9.62. The molecular formula is C31H41N3O8. The molecule has 1 amide bonds. The maximum Gasteiger partial charge on any atom is 0.310 e. The van der Waals surface area contributed by atoms with E-state index in [1.807, 2.05) is 12.1 Å². The van der Waals surface area contributed by atoms with Crippen molar-refractivity contribution >= 4 is 11.9 Å². The van der Waals surface area contributed by atoms with Gasteiger partial charge in [0.1, 0.15) is 0 Å². The molecule has 11 nitrogen and oxygen atoms in total. The first-order valence-electron chi connectivity index (χ1n) is 14.7. The van der Waals surface area contributed by atoms with Gasteiger partial charge in [0.25, 0.3) is 0 Å². The number of nitrogens with two attached hydrogens (primary N) is 1. The number of phenolic OH excluding ortho intramolecular Hbond substituents is 1. The number of fused-ring (bicyclic) bond motifs is 3. The third-order valence-corrected chi connectivity index (χ3v) is 8.54. The number of hydrogen-bond donors (Lipinski definition) is 4. The fourth-order valence-electron chi connectivity index (χ4n) is 6.40. The molecule has 0 saturated carbocycles. The lowest BCUT2D eigenvalue weighted by Gasteiger charge is -2.39. The van der Waals surface area contributed by atoms with Crippen LogP contribution in [0, 0.1) is 11.8 Å². The summed E-state index contributed by atoms with van der Waals surface area (Å²) in [4.78, 5) is 26.1. The summed E-state index contributed by atoms with van der Waals surface area (Å²) in [6.07, 6.45) is 4.21. The molecule has 5 rings (SSSR count). The minimum Gasteiger partial charge on any atom is -0.502 e. The van der Waals surface area contributed by atoms with Gasteiger partial charge in [-0.15, -0.1) is 0 Å². The Hall–Kier alpha value is -3.70. The number of unbranched alkanes of at least 4 members (excludes halogenated alkanes) is 2. The van der Waals surface area contributed by atoms with Crippen LogP contribution < -0.4 is 35.3 Å². The average Bonchev–Trinajstić information content (AvgIpc) is 3.62. The van der Waals surface area contributed by atoms with Gasteiger partial charge < -0.3 is 45.2 Å². The van der Waals surface area contributed by atoms with Crippen LogP contribution >= 0.6 is 0 Å². The van der Waals surface area contributed by atoms with Gasteiger partial charge in [-0.1, -0.05) is 0 Å². The second-order valence-electron chi connectivity index (χ2n) is 11.0. The number of aromatic hydroxyl groups is 1. The van der Waals surface area contributed by atoms with Crippen molar-refractivity contribution in [1.29, 1.82) is 0 Å². The Kier molecular flexibility index (Phi) is 9.58. The van der Waals surface area contributed by atoms with Crippen molar-refractivity contribution in [2.45, 2.75) is 43.9 Å². The number of methoxy groups -OCH3 is 2. The molecule has 1 saturated heterocycles. The summed E-state index contributed by atoms with van der Waals surface area (Å²) in [5.74, 6) is 0.0186. The molecule has 228 valence electrons. The smallest absolute Gasteiger partial charge is 0.310 e. The molecule has 0 spiro atoms. The van der Waals surface area contributed by atoms with Crippen LogP contribution in [0.1, 0.15) is 60.6 Å². The second kappa shape index (κ2) is 13.5. The zero-order valence-corrected chi connectivity index (χ0v) is 24.3. The monoisotopic (exact) mass is 583 g/mol. The number of hydrogen-bond acceptors (Lipinski definition) is 10. The standard InChI is InChI=1S/C31H41N3O8/c1-38-25-11-18(12-26(39-2)30(25)36)28-20-14-24-23(41-17-42-24)13-19(20)21(22-16-40-31(37)29(22)28)15-34-27(35)7-3-5-9-33-10-6-4-8-32/h11-14,21-22,28-29,33,36H,3-10,15-17,32H2,1-2H3,(H,34,35)/t21-,22-,28?,29+/m1/s1. The molecule has 2 heterocycles. The number of amides is 1. The van der Waals surface area contributed by atoms with Crippen LogP contribution in [0.4, 0.5) is 0 Å². The van der Waals surface area contributed by atoms with Crippen molar-refractivity contribution in [3.8, 4) is 28.7 Å². The first kappa shape index (κ1) is 29.8. The summed E-state index contributed by atoms with van der Waals surface area (Å²) >= 11 is 0. The minimum absolute atomic E-state index is 0.0163. The minimum atomic E-state index is -0.510. The first-order valence-corrected chi connectivity index (χ1v) is 14.7. The van der Waals surface area contributed by atoms with Gasteiger partial charge in [-0.2, -0.15) is 0 Å². The Morgan fingerprint density at radius 2 is 1.64 bits per heavy atom. The molecular weight excluding hydrogens is 542 g/mol. The van der Waals surface area contributed by atoms with E-state index in [-0.39, 0.29) is 54.4 Å². The van der Waals surface area contributed by atoms with E-state index in [1.54, 1.807) is 12.1 Å². The maximum atomic E-state index is 13.3. The molecule has 42 heavy (non-hydrogen) atoms. The zero-order valence-electron chi connectivity index (χ0n) is 24.3. The molecule has 2 aliphatic heterocycles. The van der Waals surface area contributed by atoms with Gasteiger partial charge in [-0.3, -0.25) is 9.59 Å². The molecule has 2 aromatic carbocycles. The molecule has 1 unspecified atom stereocenters. The Balaban J connectivity index is 1.37. The van der Waals surface area contributed by atoms with E-state index in [2.05, 4.69) is 10.6 Å². The highest BCUT2D eigenvalue weighted by molar-refractivity contribution is 5.79. The van der Waals surface area contributed by atoms with Gasteiger partial charge in [-0.25, -0.2) is 0 Å². The van der Waals surface area contributed by atoms with Gasteiger partial charge in [0.05, 0.1) is 26.7 Å². The predicted molar refractivity (Wildman–Crippen MR) is 154 cm³/mol. The molecule has 1 aliphatic carbocycles. The normalized spacial score (nSPS) is 21.8. The van der Waals surface area contributed by atoms with Crippen LogP contribution in [0.25, 0.3) is 0 Å². The molecule has 11 heteroatoms. The topological polar surface area (TPSA) is 151 Å². The second-order valence-corrected chi connectivity index (χ2v) is 11.0. The summed E-state index contributed by atoms with van der Waals surface area (Å²) < 4.78 is 27.9. The lowest BCUT2D eigenvalue weighted by Crippen LogP contribution is -2.40. The quantitative estimate of drug-likeness (QED) is 0.193. The van der Waals surface area contributed by atoms with E-state index in [9.17, 15) is 14.7 Å². The number of esters is 1. The largest absolute Gasteiger partial charge is 0.502 e. The predicted octanol–water partition coefficient (Wildman–Crippen LogP) is 2.77. The fraction of sp³-hybridized carbons (Fsp3) is 0.548. The number of carbonyl (C=O) groups excluding carboxylic acids is 2. The number of phenols is 1.